The van der Waals surface area contributed by atoms with E-state index in [-0.39, 0.29) is 12.4 Å². The molecule has 0 heterocycles. The molecule has 0 fully saturated rings. The summed E-state index contributed by atoms with van der Waals surface area (Å²) in [6.07, 6.45) is 0. The van der Waals surface area contributed by atoms with Crippen molar-refractivity contribution in [3.05, 3.63) is 63.9 Å². The quantitative estimate of drug-likeness (QED) is 0.857. The Bertz CT molecular complexity index is 607. The van der Waals surface area contributed by atoms with Gasteiger partial charge in [-0.2, -0.15) is 5.26 Å². The molecule has 0 atom stereocenters. The number of nitrogens with zero attached hydrogens (tertiary/aromatic N) is 1. The average molecular weight is 306 g/mol. The smallest absolute Gasteiger partial charge is 0.129 e. The maximum atomic E-state index is 13.4. The number of nitriles is 1. The van der Waals surface area contributed by atoms with Crippen molar-refractivity contribution in [1.82, 2.24) is 0 Å². The molecular formula is C14H9BrFNO. The van der Waals surface area contributed by atoms with Gasteiger partial charge in [0.15, 0.2) is 0 Å². The summed E-state index contributed by atoms with van der Waals surface area (Å²) in [4.78, 5) is 0. The maximum absolute atomic E-state index is 13.4. The molecule has 0 aliphatic heterocycles. The Morgan fingerprint density at radius 2 is 2.00 bits per heavy atom. The van der Waals surface area contributed by atoms with Gasteiger partial charge in [-0.05, 0) is 24.3 Å². The molecule has 2 rings (SSSR count). The van der Waals surface area contributed by atoms with Gasteiger partial charge in [-0.1, -0.05) is 34.1 Å². The van der Waals surface area contributed by atoms with Crippen LogP contribution in [0.5, 0.6) is 5.75 Å². The Morgan fingerprint density at radius 1 is 1.22 bits per heavy atom. The van der Waals surface area contributed by atoms with Crippen molar-refractivity contribution in [3.63, 3.8) is 0 Å². The van der Waals surface area contributed by atoms with E-state index in [1.807, 2.05) is 6.07 Å². The van der Waals surface area contributed by atoms with Crippen LogP contribution in [0.1, 0.15) is 11.1 Å². The van der Waals surface area contributed by atoms with E-state index < -0.39 is 0 Å². The van der Waals surface area contributed by atoms with Crippen LogP contribution in [0.25, 0.3) is 0 Å². The fourth-order valence-electron chi connectivity index (χ4n) is 1.49. The molecule has 0 spiro atoms. The van der Waals surface area contributed by atoms with Crippen LogP contribution in [-0.2, 0) is 6.61 Å². The Labute approximate surface area is 113 Å². The predicted octanol–water partition coefficient (Wildman–Crippen LogP) is 4.04. The van der Waals surface area contributed by atoms with E-state index in [1.165, 1.54) is 6.07 Å². The highest BCUT2D eigenvalue weighted by molar-refractivity contribution is 9.10. The van der Waals surface area contributed by atoms with E-state index in [0.717, 1.165) is 4.47 Å². The van der Waals surface area contributed by atoms with Crippen molar-refractivity contribution in [3.8, 4) is 11.8 Å². The predicted molar refractivity (Wildman–Crippen MR) is 69.6 cm³/mol. The van der Waals surface area contributed by atoms with Gasteiger partial charge in [0.1, 0.15) is 18.2 Å². The molecule has 0 aliphatic rings. The normalized spacial score (nSPS) is 9.83. The molecule has 2 aromatic rings. The highest BCUT2D eigenvalue weighted by Gasteiger charge is 2.03. The molecule has 0 aliphatic carbocycles. The van der Waals surface area contributed by atoms with Crippen LogP contribution in [0.4, 0.5) is 4.39 Å². The minimum Gasteiger partial charge on any atom is -0.489 e. The topological polar surface area (TPSA) is 33.0 Å². The van der Waals surface area contributed by atoms with Crippen molar-refractivity contribution in [2.45, 2.75) is 6.61 Å². The van der Waals surface area contributed by atoms with Gasteiger partial charge in [0.2, 0.25) is 0 Å². The molecule has 0 amide bonds. The highest BCUT2D eigenvalue weighted by atomic mass is 79.9. The highest BCUT2D eigenvalue weighted by Crippen LogP contribution is 2.22. The van der Waals surface area contributed by atoms with Crippen molar-refractivity contribution >= 4 is 15.9 Å². The van der Waals surface area contributed by atoms with Gasteiger partial charge < -0.3 is 4.74 Å². The van der Waals surface area contributed by atoms with E-state index >= 15 is 0 Å². The van der Waals surface area contributed by atoms with E-state index in [9.17, 15) is 4.39 Å². The van der Waals surface area contributed by atoms with Crippen molar-refractivity contribution in [2.24, 2.45) is 0 Å². The van der Waals surface area contributed by atoms with E-state index in [2.05, 4.69) is 15.9 Å². The monoisotopic (exact) mass is 305 g/mol. The first kappa shape index (κ1) is 12.6. The lowest BCUT2D eigenvalue weighted by Gasteiger charge is -2.07. The van der Waals surface area contributed by atoms with Crippen LogP contribution in [0, 0.1) is 17.1 Å². The molecule has 0 aromatic heterocycles. The summed E-state index contributed by atoms with van der Waals surface area (Å²) in [5.74, 6) is 0.234. The molecule has 0 N–H and O–H groups in total. The first-order chi connectivity index (χ1) is 8.69. The number of ether oxygens (including phenoxy) is 1. The summed E-state index contributed by atoms with van der Waals surface area (Å²) in [6, 6.07) is 13.5. The molecule has 0 saturated carbocycles. The standard InChI is InChI=1S/C14H9BrFNO/c15-12-5-10(8-17)6-13(7-12)18-9-11-3-1-2-4-14(11)16/h1-7H,9H2. The molecule has 0 bridgehead atoms. The van der Waals surface area contributed by atoms with Gasteiger partial charge in [0.05, 0.1) is 11.6 Å². The fraction of sp³-hybridized carbons (Fsp3) is 0.0714. The number of hydrogen-bond acceptors (Lipinski definition) is 2. The van der Waals surface area contributed by atoms with Crippen molar-refractivity contribution < 1.29 is 9.13 Å². The average Bonchev–Trinajstić information content (AvgIpc) is 2.37. The van der Waals surface area contributed by atoms with Crippen LogP contribution in [0.15, 0.2) is 46.9 Å². The number of rotatable bonds is 3. The molecular weight excluding hydrogens is 297 g/mol. The molecule has 4 heteroatoms. The first-order valence-electron chi connectivity index (χ1n) is 5.26. The van der Waals surface area contributed by atoms with Gasteiger partial charge in [-0.3, -0.25) is 0 Å². The number of benzene rings is 2. The molecule has 90 valence electrons. The Morgan fingerprint density at radius 3 is 2.72 bits per heavy atom. The minimum atomic E-state index is -0.298. The lowest BCUT2D eigenvalue weighted by atomic mass is 10.2. The van der Waals surface area contributed by atoms with Gasteiger partial charge >= 0.3 is 0 Å². The third-order valence-corrected chi connectivity index (χ3v) is 2.81. The first-order valence-corrected chi connectivity index (χ1v) is 6.05. The lowest BCUT2D eigenvalue weighted by molar-refractivity contribution is 0.299. The van der Waals surface area contributed by atoms with Crippen LogP contribution < -0.4 is 4.74 Å². The van der Waals surface area contributed by atoms with Crippen LogP contribution in [0.3, 0.4) is 0 Å². The van der Waals surface area contributed by atoms with Crippen molar-refractivity contribution in [1.29, 1.82) is 5.26 Å². The lowest BCUT2D eigenvalue weighted by Crippen LogP contribution is -1.98. The maximum Gasteiger partial charge on any atom is 0.129 e. The third kappa shape index (κ3) is 3.08. The molecule has 0 radical (unpaired) electrons. The second-order valence-corrected chi connectivity index (χ2v) is 4.58. The zero-order chi connectivity index (χ0) is 13.0. The fourth-order valence-corrected chi connectivity index (χ4v) is 1.96. The molecule has 2 nitrogen and oxygen atoms in total. The van der Waals surface area contributed by atoms with Gasteiger partial charge in [-0.25, -0.2) is 4.39 Å². The molecule has 0 saturated heterocycles. The summed E-state index contributed by atoms with van der Waals surface area (Å²) >= 11 is 3.29. The zero-order valence-corrected chi connectivity index (χ0v) is 10.9. The second-order valence-electron chi connectivity index (χ2n) is 3.67. The number of halogens is 2. The minimum absolute atomic E-state index is 0.133. The number of hydrogen-bond donors (Lipinski definition) is 0. The zero-order valence-electron chi connectivity index (χ0n) is 9.36. The van der Waals surface area contributed by atoms with Gasteiger partial charge in [-0.15, -0.1) is 0 Å². The Balaban J connectivity index is 2.14. The molecule has 2 aromatic carbocycles. The van der Waals surface area contributed by atoms with E-state index in [1.54, 1.807) is 36.4 Å². The Hall–Kier alpha value is -1.86. The third-order valence-electron chi connectivity index (χ3n) is 2.35. The van der Waals surface area contributed by atoms with Crippen LogP contribution in [0.2, 0.25) is 0 Å². The summed E-state index contributed by atoms with van der Waals surface area (Å²) in [7, 11) is 0. The summed E-state index contributed by atoms with van der Waals surface area (Å²) in [5, 5.41) is 8.83. The van der Waals surface area contributed by atoms with E-state index in [4.69, 9.17) is 10.00 Å². The summed E-state index contributed by atoms with van der Waals surface area (Å²) in [6.45, 7) is 0.133. The summed E-state index contributed by atoms with van der Waals surface area (Å²) in [5.41, 5.74) is 0.976. The SMILES string of the molecule is N#Cc1cc(Br)cc(OCc2ccccc2F)c1. The largest absolute Gasteiger partial charge is 0.489 e. The van der Waals surface area contributed by atoms with Crippen molar-refractivity contribution in [2.75, 3.05) is 0 Å². The van der Waals surface area contributed by atoms with E-state index in [0.29, 0.717) is 16.9 Å². The van der Waals surface area contributed by atoms with Gasteiger partial charge in [0.25, 0.3) is 0 Å². The molecule has 0 unspecified atom stereocenters. The van der Waals surface area contributed by atoms with Crippen LogP contribution in [-0.4, -0.2) is 0 Å². The molecule has 18 heavy (non-hydrogen) atoms. The summed E-state index contributed by atoms with van der Waals surface area (Å²) < 4.78 is 19.6. The van der Waals surface area contributed by atoms with Crippen LogP contribution >= 0.6 is 15.9 Å². The second kappa shape index (κ2) is 5.65. The van der Waals surface area contributed by atoms with Gasteiger partial charge in [0, 0.05) is 10.0 Å². The Kier molecular flexibility index (Phi) is 3.96.